The van der Waals surface area contributed by atoms with Crippen molar-refractivity contribution in [1.29, 1.82) is 0 Å². The lowest BCUT2D eigenvalue weighted by Crippen LogP contribution is -2.51. The molecular weight excluding hydrogens is 499 g/mol. The zero-order valence-corrected chi connectivity index (χ0v) is 22.1. The molecule has 0 aliphatic heterocycles. The summed E-state index contributed by atoms with van der Waals surface area (Å²) in [5, 5.41) is 4.27. The maximum atomic E-state index is 13.6. The summed E-state index contributed by atoms with van der Waals surface area (Å²) in [6, 6.07) is 24.2. The molecule has 35 heavy (non-hydrogen) atoms. The predicted octanol–water partition coefficient (Wildman–Crippen LogP) is 6.39. The Morgan fingerprint density at radius 1 is 0.943 bits per heavy atom. The van der Waals surface area contributed by atoms with E-state index in [0.29, 0.717) is 35.3 Å². The van der Waals surface area contributed by atoms with Crippen LogP contribution in [0.5, 0.6) is 0 Å². The zero-order chi connectivity index (χ0) is 25.0. The van der Waals surface area contributed by atoms with Crippen molar-refractivity contribution in [3.05, 3.63) is 106 Å². The topological polar surface area (TPSA) is 49.4 Å². The van der Waals surface area contributed by atoms with Crippen molar-refractivity contribution in [2.45, 2.75) is 38.1 Å². The lowest BCUT2D eigenvalue weighted by atomic mass is 10.0. The third-order valence-corrected chi connectivity index (χ3v) is 7.07. The van der Waals surface area contributed by atoms with Gasteiger partial charge in [0, 0.05) is 35.3 Å². The second kappa shape index (κ2) is 14.2. The predicted molar refractivity (Wildman–Crippen MR) is 147 cm³/mol. The summed E-state index contributed by atoms with van der Waals surface area (Å²) in [6.07, 6.45) is 1.25. The minimum atomic E-state index is -0.642. The molecule has 3 aromatic carbocycles. The molecule has 0 fully saturated rings. The van der Waals surface area contributed by atoms with E-state index < -0.39 is 6.04 Å². The van der Waals surface area contributed by atoms with Crippen LogP contribution >= 0.6 is 35.0 Å². The summed E-state index contributed by atoms with van der Waals surface area (Å²) in [5.41, 5.74) is 2.86. The van der Waals surface area contributed by atoms with Gasteiger partial charge in [0.05, 0.1) is 5.75 Å². The van der Waals surface area contributed by atoms with Gasteiger partial charge in [0.2, 0.25) is 11.8 Å². The van der Waals surface area contributed by atoms with Gasteiger partial charge in [-0.1, -0.05) is 90.8 Å². The molecule has 0 unspecified atom stereocenters. The maximum Gasteiger partial charge on any atom is 0.243 e. The monoisotopic (exact) mass is 528 g/mol. The summed E-state index contributed by atoms with van der Waals surface area (Å²) < 4.78 is 0. The van der Waals surface area contributed by atoms with E-state index in [0.717, 1.165) is 23.1 Å². The van der Waals surface area contributed by atoms with Gasteiger partial charge in [0.25, 0.3) is 0 Å². The molecule has 0 heterocycles. The Morgan fingerprint density at radius 3 is 2.37 bits per heavy atom. The molecule has 2 amide bonds. The van der Waals surface area contributed by atoms with Crippen molar-refractivity contribution in [3.8, 4) is 0 Å². The molecule has 0 aliphatic carbocycles. The fraction of sp³-hybridized carbons (Fsp3) is 0.286. The number of carbonyl (C=O) groups is 2. The van der Waals surface area contributed by atoms with Crippen LogP contribution in [0.25, 0.3) is 0 Å². The first-order valence-electron chi connectivity index (χ1n) is 11.6. The normalized spacial score (nSPS) is 11.6. The largest absolute Gasteiger partial charge is 0.354 e. The highest BCUT2D eigenvalue weighted by atomic mass is 35.5. The number of hydrogen-bond acceptors (Lipinski definition) is 3. The third-order valence-electron chi connectivity index (χ3n) is 5.50. The van der Waals surface area contributed by atoms with Gasteiger partial charge in [-0.05, 0) is 41.3 Å². The second-order valence-corrected chi connectivity index (χ2v) is 10.1. The second-order valence-electron chi connectivity index (χ2n) is 8.23. The molecule has 0 aromatic heterocycles. The highest BCUT2D eigenvalue weighted by Crippen LogP contribution is 2.23. The van der Waals surface area contributed by atoms with Gasteiger partial charge in [-0.3, -0.25) is 9.59 Å². The molecule has 4 nitrogen and oxygen atoms in total. The summed E-state index contributed by atoms with van der Waals surface area (Å²) in [4.78, 5) is 28.6. The standard InChI is InChI=1S/C28H30Cl2N2O2S/c1-2-15-31-28(34)26(17-21-9-4-3-5-10-21)32(18-22-11-8-13-24(29)16-22)27(33)20-35-19-23-12-6-7-14-25(23)30/h3-14,16,26H,2,15,17-20H2,1H3,(H,31,34)/t26-/m1/s1. The zero-order valence-electron chi connectivity index (χ0n) is 19.8. The van der Waals surface area contributed by atoms with E-state index in [-0.39, 0.29) is 17.6 Å². The Bertz CT molecular complexity index is 1110. The number of benzene rings is 3. The van der Waals surface area contributed by atoms with Crippen LogP contribution < -0.4 is 5.32 Å². The number of halogens is 2. The first-order chi connectivity index (χ1) is 17.0. The van der Waals surface area contributed by atoms with Gasteiger partial charge in [-0.25, -0.2) is 0 Å². The summed E-state index contributed by atoms with van der Waals surface area (Å²) in [6.45, 7) is 2.86. The van der Waals surface area contributed by atoms with E-state index in [4.69, 9.17) is 23.2 Å². The molecule has 7 heteroatoms. The summed E-state index contributed by atoms with van der Waals surface area (Å²) >= 11 is 14.0. The van der Waals surface area contributed by atoms with Crippen LogP contribution in [0.1, 0.15) is 30.0 Å². The van der Waals surface area contributed by atoms with E-state index in [9.17, 15) is 9.59 Å². The number of nitrogens with one attached hydrogen (secondary N) is 1. The molecule has 0 spiro atoms. The van der Waals surface area contributed by atoms with Crippen LogP contribution in [0.2, 0.25) is 10.0 Å². The highest BCUT2D eigenvalue weighted by molar-refractivity contribution is 7.99. The van der Waals surface area contributed by atoms with E-state index in [1.165, 1.54) is 11.8 Å². The molecule has 0 aliphatic rings. The Labute approximate surface area is 222 Å². The Morgan fingerprint density at radius 2 is 1.66 bits per heavy atom. The number of rotatable bonds is 12. The van der Waals surface area contributed by atoms with Gasteiger partial charge in [-0.2, -0.15) is 0 Å². The van der Waals surface area contributed by atoms with Crippen LogP contribution in [0.15, 0.2) is 78.9 Å². The van der Waals surface area contributed by atoms with Crippen molar-refractivity contribution in [2.24, 2.45) is 0 Å². The quantitative estimate of drug-likeness (QED) is 0.296. The average molecular weight is 530 g/mol. The first kappa shape index (κ1) is 27.1. The van der Waals surface area contributed by atoms with E-state index in [1.54, 1.807) is 11.0 Å². The highest BCUT2D eigenvalue weighted by Gasteiger charge is 2.30. The SMILES string of the molecule is CCCNC(=O)[C@@H](Cc1ccccc1)N(Cc1cccc(Cl)c1)C(=O)CSCc1ccccc1Cl. The van der Waals surface area contributed by atoms with Crippen molar-refractivity contribution in [1.82, 2.24) is 10.2 Å². The maximum absolute atomic E-state index is 13.6. The number of nitrogens with zero attached hydrogens (tertiary/aromatic N) is 1. The van der Waals surface area contributed by atoms with Crippen molar-refractivity contribution in [2.75, 3.05) is 12.3 Å². The third kappa shape index (κ3) is 8.60. The molecule has 0 saturated heterocycles. The van der Waals surface area contributed by atoms with Gasteiger partial charge in [-0.15, -0.1) is 11.8 Å². The number of hydrogen-bond donors (Lipinski definition) is 1. The Hall–Kier alpha value is -2.47. The van der Waals surface area contributed by atoms with Crippen LogP contribution in [0.4, 0.5) is 0 Å². The molecule has 0 radical (unpaired) electrons. The first-order valence-corrected chi connectivity index (χ1v) is 13.6. The van der Waals surface area contributed by atoms with Gasteiger partial charge >= 0.3 is 0 Å². The number of amides is 2. The van der Waals surface area contributed by atoms with E-state index in [2.05, 4.69) is 5.32 Å². The molecule has 0 saturated carbocycles. The molecule has 3 rings (SSSR count). The van der Waals surface area contributed by atoms with Crippen LogP contribution in [-0.4, -0.2) is 35.1 Å². The summed E-state index contributed by atoms with van der Waals surface area (Å²) in [7, 11) is 0. The number of thioether (sulfide) groups is 1. The average Bonchev–Trinajstić information content (AvgIpc) is 2.86. The molecule has 1 atom stereocenters. The fourth-order valence-electron chi connectivity index (χ4n) is 3.70. The van der Waals surface area contributed by atoms with Crippen molar-refractivity contribution in [3.63, 3.8) is 0 Å². The van der Waals surface area contributed by atoms with Crippen LogP contribution in [-0.2, 0) is 28.3 Å². The molecule has 0 bridgehead atoms. The van der Waals surface area contributed by atoms with Gasteiger partial charge in [0.1, 0.15) is 6.04 Å². The van der Waals surface area contributed by atoms with E-state index in [1.807, 2.05) is 79.7 Å². The lowest BCUT2D eigenvalue weighted by Gasteiger charge is -2.31. The summed E-state index contributed by atoms with van der Waals surface area (Å²) in [5.74, 6) is 0.594. The Balaban J connectivity index is 1.84. The van der Waals surface area contributed by atoms with Gasteiger partial charge in [0.15, 0.2) is 0 Å². The minimum absolute atomic E-state index is 0.102. The lowest BCUT2D eigenvalue weighted by molar-refractivity contribution is -0.139. The minimum Gasteiger partial charge on any atom is -0.354 e. The van der Waals surface area contributed by atoms with Gasteiger partial charge < -0.3 is 10.2 Å². The number of carbonyl (C=O) groups excluding carboxylic acids is 2. The molecule has 1 N–H and O–H groups in total. The van der Waals surface area contributed by atoms with E-state index >= 15 is 0 Å². The van der Waals surface area contributed by atoms with Crippen molar-refractivity contribution >= 4 is 46.8 Å². The molecule has 3 aromatic rings. The van der Waals surface area contributed by atoms with Crippen LogP contribution in [0.3, 0.4) is 0 Å². The van der Waals surface area contributed by atoms with Crippen LogP contribution in [0, 0.1) is 0 Å². The molecule has 184 valence electrons. The Kier molecular flexibility index (Phi) is 11.0. The van der Waals surface area contributed by atoms with Crippen molar-refractivity contribution < 1.29 is 9.59 Å². The molecular formula is C28H30Cl2N2O2S. The fourth-order valence-corrected chi connectivity index (χ4v) is 5.11. The smallest absolute Gasteiger partial charge is 0.243 e.